The highest BCUT2D eigenvalue weighted by Gasteiger charge is 2.11. The first-order valence-corrected chi connectivity index (χ1v) is 8.15. The van der Waals surface area contributed by atoms with E-state index in [2.05, 4.69) is 36.5 Å². The van der Waals surface area contributed by atoms with Crippen LogP contribution in [0.2, 0.25) is 0 Å². The second-order valence-corrected chi connectivity index (χ2v) is 5.99. The summed E-state index contributed by atoms with van der Waals surface area (Å²) in [4.78, 5) is 25.8. The van der Waals surface area contributed by atoms with Gasteiger partial charge in [0.1, 0.15) is 0 Å². The van der Waals surface area contributed by atoms with E-state index in [0.29, 0.717) is 17.8 Å². The van der Waals surface area contributed by atoms with Crippen LogP contribution in [0, 0.1) is 0 Å². The number of nitrogens with one attached hydrogen (secondary N) is 1. The Bertz CT molecular complexity index is 708. The first-order chi connectivity index (χ1) is 11.5. The fourth-order valence-electron chi connectivity index (χ4n) is 2.58. The summed E-state index contributed by atoms with van der Waals surface area (Å²) in [5.74, 6) is -0.188. The van der Waals surface area contributed by atoms with Crippen molar-refractivity contribution in [3.8, 4) is 0 Å². The number of likely N-dealkylation sites (N-methyl/N-ethyl adjacent to an activating group) is 1. The highest BCUT2D eigenvalue weighted by Crippen LogP contribution is 2.15. The fraction of sp³-hybridized carbons (Fsp3) is 0.300. The lowest BCUT2D eigenvalue weighted by Crippen LogP contribution is -2.30. The van der Waals surface area contributed by atoms with Crippen LogP contribution in [0.15, 0.2) is 48.5 Å². The molecular weight excluding hydrogens is 300 g/mol. The third-order valence-electron chi connectivity index (χ3n) is 3.88. The minimum absolute atomic E-state index is 0.0599. The molecule has 4 heteroatoms. The van der Waals surface area contributed by atoms with Gasteiger partial charge in [0, 0.05) is 12.1 Å². The summed E-state index contributed by atoms with van der Waals surface area (Å²) >= 11 is 0. The number of hydrogen-bond donors (Lipinski definition) is 1. The van der Waals surface area contributed by atoms with Gasteiger partial charge in [0.05, 0.1) is 12.2 Å². The lowest BCUT2D eigenvalue weighted by Gasteiger charge is -2.17. The van der Waals surface area contributed by atoms with E-state index in [4.69, 9.17) is 0 Å². The van der Waals surface area contributed by atoms with E-state index in [1.165, 1.54) is 18.1 Å². The molecule has 2 aromatic carbocycles. The van der Waals surface area contributed by atoms with Gasteiger partial charge in [0.2, 0.25) is 5.91 Å². The number of rotatable bonds is 7. The Morgan fingerprint density at radius 2 is 1.62 bits per heavy atom. The van der Waals surface area contributed by atoms with Crippen molar-refractivity contribution in [1.29, 1.82) is 0 Å². The van der Waals surface area contributed by atoms with E-state index in [0.717, 1.165) is 6.42 Å². The second-order valence-electron chi connectivity index (χ2n) is 5.99. The van der Waals surface area contributed by atoms with Crippen LogP contribution in [-0.2, 0) is 17.8 Å². The number of carbonyl (C=O) groups is 2. The highest BCUT2D eigenvalue weighted by molar-refractivity contribution is 6.04. The Balaban J connectivity index is 1.93. The molecule has 0 saturated carbocycles. The SMILES string of the molecule is CCc1ccc(CN(C)CC(=O)Nc2ccccc2C(C)=O)cc1. The lowest BCUT2D eigenvalue weighted by molar-refractivity contribution is -0.117. The van der Waals surface area contributed by atoms with E-state index in [-0.39, 0.29) is 18.2 Å². The summed E-state index contributed by atoms with van der Waals surface area (Å²) in [5.41, 5.74) is 3.57. The van der Waals surface area contributed by atoms with E-state index in [1.54, 1.807) is 24.3 Å². The van der Waals surface area contributed by atoms with Gasteiger partial charge in [0.25, 0.3) is 0 Å². The standard InChI is InChI=1S/C20H24N2O2/c1-4-16-9-11-17(12-10-16)13-22(3)14-20(24)21-19-8-6-5-7-18(19)15(2)23/h5-12H,4,13-14H2,1-3H3,(H,21,24). The molecular formula is C20H24N2O2. The quantitative estimate of drug-likeness (QED) is 0.793. The van der Waals surface area contributed by atoms with Gasteiger partial charge in [-0.2, -0.15) is 0 Å². The summed E-state index contributed by atoms with van der Waals surface area (Å²) in [6, 6.07) is 15.5. The number of aryl methyl sites for hydroxylation is 1. The van der Waals surface area contributed by atoms with Crippen molar-refractivity contribution < 1.29 is 9.59 Å². The smallest absolute Gasteiger partial charge is 0.238 e. The molecule has 0 heterocycles. The third-order valence-corrected chi connectivity index (χ3v) is 3.88. The third kappa shape index (κ3) is 5.03. The van der Waals surface area contributed by atoms with Crippen LogP contribution < -0.4 is 5.32 Å². The van der Waals surface area contributed by atoms with Crippen molar-refractivity contribution in [3.05, 3.63) is 65.2 Å². The molecule has 0 spiro atoms. The molecule has 0 aliphatic rings. The number of hydrogen-bond acceptors (Lipinski definition) is 3. The predicted octanol–water partition coefficient (Wildman–Crippen LogP) is 3.52. The Labute approximate surface area is 143 Å². The van der Waals surface area contributed by atoms with Crippen LogP contribution in [0.4, 0.5) is 5.69 Å². The van der Waals surface area contributed by atoms with Crippen molar-refractivity contribution in [2.45, 2.75) is 26.8 Å². The zero-order valence-electron chi connectivity index (χ0n) is 14.5. The second kappa shape index (κ2) is 8.41. The molecule has 0 fully saturated rings. The average Bonchev–Trinajstić information content (AvgIpc) is 2.55. The number of amides is 1. The highest BCUT2D eigenvalue weighted by atomic mass is 16.2. The molecule has 0 unspecified atom stereocenters. The van der Waals surface area contributed by atoms with E-state index in [9.17, 15) is 9.59 Å². The molecule has 126 valence electrons. The maximum atomic E-state index is 12.2. The average molecular weight is 324 g/mol. The molecule has 0 atom stereocenters. The summed E-state index contributed by atoms with van der Waals surface area (Å²) in [6.45, 7) is 4.59. The summed E-state index contributed by atoms with van der Waals surface area (Å²) in [7, 11) is 1.91. The number of carbonyl (C=O) groups excluding carboxylic acids is 2. The summed E-state index contributed by atoms with van der Waals surface area (Å²) < 4.78 is 0. The molecule has 2 rings (SSSR count). The van der Waals surface area contributed by atoms with Crippen LogP contribution in [0.25, 0.3) is 0 Å². The number of Topliss-reactive ketones (excluding diaryl/α,β-unsaturated/α-hetero) is 1. The number of para-hydroxylation sites is 1. The van der Waals surface area contributed by atoms with Crippen molar-refractivity contribution >= 4 is 17.4 Å². The summed E-state index contributed by atoms with van der Waals surface area (Å²) in [6.07, 6.45) is 1.02. The van der Waals surface area contributed by atoms with Crippen LogP contribution in [0.5, 0.6) is 0 Å². The number of ketones is 1. The van der Waals surface area contributed by atoms with Crippen molar-refractivity contribution in [2.24, 2.45) is 0 Å². The van der Waals surface area contributed by atoms with E-state index in [1.807, 2.05) is 11.9 Å². The maximum Gasteiger partial charge on any atom is 0.238 e. The van der Waals surface area contributed by atoms with Gasteiger partial charge in [-0.15, -0.1) is 0 Å². The van der Waals surface area contributed by atoms with Crippen molar-refractivity contribution in [3.63, 3.8) is 0 Å². The topological polar surface area (TPSA) is 49.4 Å². The molecule has 1 N–H and O–H groups in total. The maximum absolute atomic E-state index is 12.2. The fourth-order valence-corrected chi connectivity index (χ4v) is 2.58. The monoisotopic (exact) mass is 324 g/mol. The van der Waals surface area contributed by atoms with Crippen LogP contribution >= 0.6 is 0 Å². The largest absolute Gasteiger partial charge is 0.324 e. The van der Waals surface area contributed by atoms with E-state index >= 15 is 0 Å². The van der Waals surface area contributed by atoms with Crippen molar-refractivity contribution in [1.82, 2.24) is 4.90 Å². The predicted molar refractivity (Wildman–Crippen MR) is 97.2 cm³/mol. The Morgan fingerprint density at radius 1 is 1.00 bits per heavy atom. The molecule has 24 heavy (non-hydrogen) atoms. The normalized spacial score (nSPS) is 10.7. The van der Waals surface area contributed by atoms with Gasteiger partial charge in [-0.3, -0.25) is 14.5 Å². The molecule has 0 saturated heterocycles. The van der Waals surface area contributed by atoms with Crippen LogP contribution in [0.1, 0.15) is 35.3 Å². The van der Waals surface area contributed by atoms with E-state index < -0.39 is 0 Å². The van der Waals surface area contributed by atoms with Gasteiger partial charge >= 0.3 is 0 Å². The van der Waals surface area contributed by atoms with Gasteiger partial charge in [-0.25, -0.2) is 0 Å². The van der Waals surface area contributed by atoms with Gasteiger partial charge in [0.15, 0.2) is 5.78 Å². The lowest BCUT2D eigenvalue weighted by atomic mass is 10.1. The zero-order valence-corrected chi connectivity index (χ0v) is 14.5. The molecule has 0 radical (unpaired) electrons. The molecule has 4 nitrogen and oxygen atoms in total. The molecule has 0 aliphatic carbocycles. The number of anilines is 1. The van der Waals surface area contributed by atoms with Gasteiger partial charge < -0.3 is 5.32 Å². The molecule has 0 aliphatic heterocycles. The molecule has 0 bridgehead atoms. The molecule has 0 aromatic heterocycles. The molecule has 2 aromatic rings. The molecule has 1 amide bonds. The number of benzene rings is 2. The Kier molecular flexibility index (Phi) is 6.27. The minimum Gasteiger partial charge on any atom is -0.324 e. The van der Waals surface area contributed by atoms with Gasteiger partial charge in [-0.1, -0.05) is 43.3 Å². The first-order valence-electron chi connectivity index (χ1n) is 8.15. The number of nitrogens with zero attached hydrogens (tertiary/aromatic N) is 1. The Morgan fingerprint density at radius 3 is 2.25 bits per heavy atom. The van der Waals surface area contributed by atoms with Crippen molar-refractivity contribution in [2.75, 3.05) is 18.9 Å². The van der Waals surface area contributed by atoms with Crippen LogP contribution in [0.3, 0.4) is 0 Å². The van der Waals surface area contributed by atoms with Gasteiger partial charge in [-0.05, 0) is 43.7 Å². The first kappa shape index (κ1) is 17.9. The zero-order chi connectivity index (χ0) is 17.5. The van der Waals surface area contributed by atoms with Crippen LogP contribution in [-0.4, -0.2) is 30.2 Å². The summed E-state index contributed by atoms with van der Waals surface area (Å²) in [5, 5.41) is 2.83. The Hall–Kier alpha value is -2.46. The minimum atomic E-state index is -0.128.